The molecule has 1 N–H and O–H groups in total. The maximum atomic E-state index is 14.5. The fourth-order valence-electron chi connectivity index (χ4n) is 4.81. The molecule has 0 aliphatic heterocycles. The largest absolute Gasteiger partial charge is 0.354 e. The van der Waals surface area contributed by atoms with Crippen molar-refractivity contribution >= 4 is 55.1 Å². The van der Waals surface area contributed by atoms with E-state index in [1.165, 1.54) is 23.1 Å². The van der Waals surface area contributed by atoms with Crippen LogP contribution in [0.4, 0.5) is 5.69 Å². The van der Waals surface area contributed by atoms with Crippen molar-refractivity contribution in [2.75, 3.05) is 17.4 Å². The van der Waals surface area contributed by atoms with E-state index in [0.717, 1.165) is 25.5 Å². The van der Waals surface area contributed by atoms with E-state index in [0.29, 0.717) is 11.6 Å². The van der Waals surface area contributed by atoms with Crippen molar-refractivity contribution < 1.29 is 18.0 Å². The van der Waals surface area contributed by atoms with Crippen LogP contribution in [0.3, 0.4) is 0 Å². The second-order valence-electron chi connectivity index (χ2n) is 11.3. The number of hydrogen-bond acceptors (Lipinski definition) is 4. The van der Waals surface area contributed by atoms with Crippen LogP contribution in [-0.4, -0.2) is 44.3 Å². The van der Waals surface area contributed by atoms with Gasteiger partial charge in [-0.3, -0.25) is 13.9 Å². The van der Waals surface area contributed by atoms with Crippen LogP contribution in [-0.2, 0) is 32.6 Å². The minimum atomic E-state index is -4.20. The summed E-state index contributed by atoms with van der Waals surface area (Å²) in [6, 6.07) is 28.9. The van der Waals surface area contributed by atoms with Crippen LogP contribution in [0.1, 0.15) is 30.5 Å². The molecule has 45 heavy (non-hydrogen) atoms. The number of carbonyl (C=O) groups is 2. The first-order valence-electron chi connectivity index (χ1n) is 14.6. The Bertz CT molecular complexity index is 1720. The van der Waals surface area contributed by atoms with Crippen LogP contribution in [0.5, 0.6) is 0 Å². The Hall–Kier alpha value is -3.66. The fraction of sp³-hybridized carbons (Fsp3) is 0.257. The predicted octanol–water partition coefficient (Wildman–Crippen LogP) is 7.02. The molecule has 7 nitrogen and oxygen atoms in total. The highest BCUT2D eigenvalue weighted by atomic mass is 79.9. The molecule has 0 aliphatic carbocycles. The monoisotopic (exact) mass is 709 g/mol. The second kappa shape index (κ2) is 15.6. The van der Waals surface area contributed by atoms with Gasteiger partial charge in [0, 0.05) is 29.0 Å². The summed E-state index contributed by atoms with van der Waals surface area (Å²) in [5.41, 5.74) is 2.79. The van der Waals surface area contributed by atoms with Gasteiger partial charge in [-0.25, -0.2) is 8.42 Å². The van der Waals surface area contributed by atoms with Crippen LogP contribution >= 0.6 is 27.5 Å². The highest BCUT2D eigenvalue weighted by Crippen LogP contribution is 2.27. The van der Waals surface area contributed by atoms with Gasteiger partial charge in [0.25, 0.3) is 10.0 Å². The summed E-state index contributed by atoms with van der Waals surface area (Å²) in [4.78, 5) is 29.9. The van der Waals surface area contributed by atoms with Gasteiger partial charge in [-0.2, -0.15) is 0 Å². The number of sulfonamides is 1. The number of rotatable bonds is 13. The van der Waals surface area contributed by atoms with E-state index in [1.54, 1.807) is 30.3 Å². The van der Waals surface area contributed by atoms with Gasteiger partial charge in [0.1, 0.15) is 12.6 Å². The first-order valence-corrected chi connectivity index (χ1v) is 17.3. The topological polar surface area (TPSA) is 86.8 Å². The van der Waals surface area contributed by atoms with Gasteiger partial charge < -0.3 is 10.2 Å². The number of hydrogen-bond donors (Lipinski definition) is 1. The quantitative estimate of drug-likeness (QED) is 0.162. The maximum absolute atomic E-state index is 14.5. The van der Waals surface area contributed by atoms with E-state index < -0.39 is 28.5 Å². The van der Waals surface area contributed by atoms with Crippen LogP contribution in [0, 0.1) is 12.8 Å². The molecule has 0 aliphatic rings. The zero-order valence-electron chi connectivity index (χ0n) is 25.5. The molecule has 10 heteroatoms. The molecule has 4 rings (SSSR count). The van der Waals surface area contributed by atoms with Crippen LogP contribution in [0.25, 0.3) is 0 Å². The van der Waals surface area contributed by atoms with Crippen molar-refractivity contribution in [3.63, 3.8) is 0 Å². The lowest BCUT2D eigenvalue weighted by Gasteiger charge is -2.34. The lowest BCUT2D eigenvalue weighted by atomic mass is 10.0. The molecule has 0 saturated carbocycles. The summed E-state index contributed by atoms with van der Waals surface area (Å²) >= 11 is 9.80. The van der Waals surface area contributed by atoms with Crippen molar-refractivity contribution in [1.29, 1.82) is 0 Å². The molecule has 0 radical (unpaired) electrons. The number of carbonyl (C=O) groups excluding carboxylic acids is 2. The van der Waals surface area contributed by atoms with E-state index in [4.69, 9.17) is 11.6 Å². The lowest BCUT2D eigenvalue weighted by molar-refractivity contribution is -0.140. The molecule has 2 amide bonds. The Balaban J connectivity index is 1.80. The molecule has 0 fully saturated rings. The molecule has 1 atom stereocenters. The molecule has 4 aromatic carbocycles. The third-order valence-corrected chi connectivity index (χ3v) is 9.70. The normalized spacial score (nSPS) is 12.0. The second-order valence-corrected chi connectivity index (χ2v) is 14.5. The average Bonchev–Trinajstić information content (AvgIpc) is 3.01. The Morgan fingerprint density at radius 2 is 1.53 bits per heavy atom. The summed E-state index contributed by atoms with van der Waals surface area (Å²) < 4.78 is 30.1. The summed E-state index contributed by atoms with van der Waals surface area (Å²) in [5.74, 6) is -0.656. The van der Waals surface area contributed by atoms with E-state index in [9.17, 15) is 18.0 Å². The first kappa shape index (κ1) is 34.2. The molecular weight excluding hydrogens is 674 g/mol. The van der Waals surface area contributed by atoms with Crippen LogP contribution in [0.15, 0.2) is 112 Å². The zero-order chi connectivity index (χ0) is 32.6. The number of nitrogens with zero attached hydrogens (tertiary/aromatic N) is 2. The van der Waals surface area contributed by atoms with Crippen molar-refractivity contribution in [3.05, 3.63) is 129 Å². The van der Waals surface area contributed by atoms with Crippen LogP contribution < -0.4 is 9.62 Å². The molecule has 0 aromatic heterocycles. The Labute approximate surface area is 279 Å². The van der Waals surface area contributed by atoms with Gasteiger partial charge >= 0.3 is 0 Å². The Morgan fingerprint density at radius 3 is 2.18 bits per heavy atom. The van der Waals surface area contributed by atoms with Gasteiger partial charge in [0.2, 0.25) is 11.8 Å². The molecule has 0 saturated heterocycles. The predicted molar refractivity (Wildman–Crippen MR) is 184 cm³/mol. The van der Waals surface area contributed by atoms with Gasteiger partial charge in [0.15, 0.2) is 0 Å². The highest BCUT2D eigenvalue weighted by molar-refractivity contribution is 9.10. The number of aryl methyl sites for hydroxylation is 1. The molecule has 236 valence electrons. The zero-order valence-corrected chi connectivity index (χ0v) is 28.6. The van der Waals surface area contributed by atoms with E-state index >= 15 is 0 Å². The van der Waals surface area contributed by atoms with E-state index in [2.05, 4.69) is 21.2 Å². The fourth-order valence-corrected chi connectivity index (χ4v) is 6.84. The number of nitrogens with one attached hydrogen (secondary N) is 1. The number of benzene rings is 4. The molecular formula is C35H37BrClN3O4S. The highest BCUT2D eigenvalue weighted by Gasteiger charge is 2.34. The molecule has 0 bridgehead atoms. The number of amides is 2. The van der Waals surface area contributed by atoms with Crippen molar-refractivity contribution in [1.82, 2.24) is 10.2 Å². The standard InChI is InChI=1S/C35H37BrClN3O4S/c1-25(2)22-38-35(42)33(20-27-9-5-4-6-10-27)39(23-28-11-7-12-29(36)19-28)34(41)24-40(31-14-8-13-30(37)21-31)45(43,44)32-17-15-26(3)16-18-32/h4-19,21,25,33H,20,22-24H2,1-3H3,(H,38,42)/t33-/m0/s1. The number of anilines is 1. The first-order chi connectivity index (χ1) is 21.4. The van der Waals surface area contributed by atoms with E-state index in [-0.39, 0.29) is 35.4 Å². The Morgan fingerprint density at radius 1 is 0.867 bits per heavy atom. The van der Waals surface area contributed by atoms with Crippen molar-refractivity contribution in [2.24, 2.45) is 5.92 Å². The number of halogens is 2. The smallest absolute Gasteiger partial charge is 0.264 e. The SMILES string of the molecule is Cc1ccc(S(=O)(=O)N(CC(=O)N(Cc2cccc(Br)c2)[C@@H](Cc2ccccc2)C(=O)NCC(C)C)c2cccc(Cl)c2)cc1. The lowest BCUT2D eigenvalue weighted by Crippen LogP contribution is -2.53. The molecule has 0 unspecified atom stereocenters. The summed E-state index contributed by atoms with van der Waals surface area (Å²) in [6.07, 6.45) is 0.242. The summed E-state index contributed by atoms with van der Waals surface area (Å²) in [6.45, 7) is 5.82. The summed E-state index contributed by atoms with van der Waals surface area (Å²) in [5, 5.41) is 3.32. The average molecular weight is 711 g/mol. The molecule has 4 aromatic rings. The van der Waals surface area contributed by atoms with Crippen molar-refractivity contribution in [2.45, 2.75) is 44.7 Å². The molecule has 0 spiro atoms. The Kier molecular flexibility index (Phi) is 11.8. The van der Waals surface area contributed by atoms with Crippen molar-refractivity contribution in [3.8, 4) is 0 Å². The minimum absolute atomic E-state index is 0.0370. The minimum Gasteiger partial charge on any atom is -0.354 e. The van der Waals surface area contributed by atoms with E-state index in [1.807, 2.05) is 75.4 Å². The van der Waals surface area contributed by atoms with Crippen LogP contribution in [0.2, 0.25) is 5.02 Å². The summed E-state index contributed by atoms with van der Waals surface area (Å²) in [7, 11) is -4.20. The third kappa shape index (κ3) is 9.42. The maximum Gasteiger partial charge on any atom is 0.264 e. The third-order valence-electron chi connectivity index (χ3n) is 7.18. The molecule has 0 heterocycles. The van der Waals surface area contributed by atoms with Gasteiger partial charge in [-0.1, -0.05) is 108 Å². The van der Waals surface area contributed by atoms with Gasteiger partial charge in [0.05, 0.1) is 10.6 Å². The van der Waals surface area contributed by atoms with Gasteiger partial charge in [-0.05, 0) is 66.4 Å². The van der Waals surface area contributed by atoms with Gasteiger partial charge in [-0.15, -0.1) is 0 Å².